The lowest BCUT2D eigenvalue weighted by Gasteiger charge is -2.12. The van der Waals surface area contributed by atoms with Crippen molar-refractivity contribution in [3.05, 3.63) is 28.2 Å². The molecule has 0 heterocycles. The van der Waals surface area contributed by atoms with Crippen molar-refractivity contribution in [3.8, 4) is 0 Å². The van der Waals surface area contributed by atoms with Crippen molar-refractivity contribution in [2.75, 3.05) is 19.0 Å². The number of benzene rings is 1. The monoisotopic (exact) mass is 286 g/mol. The van der Waals surface area contributed by atoms with Crippen LogP contribution in [0.25, 0.3) is 0 Å². The molecule has 0 aliphatic rings. The number of carbonyl (C=O) groups excluding carboxylic acids is 1. The zero-order valence-corrected chi connectivity index (χ0v) is 10.9. The number of carbonyl (C=O) groups is 1. The van der Waals surface area contributed by atoms with Gasteiger partial charge in [-0.1, -0.05) is 6.07 Å². The number of methoxy groups -OCH3 is 1. The van der Waals surface area contributed by atoms with Crippen molar-refractivity contribution in [2.45, 2.75) is 13.0 Å². The van der Waals surface area contributed by atoms with E-state index < -0.39 is 6.04 Å². The molecule has 0 aromatic heterocycles. The van der Waals surface area contributed by atoms with Gasteiger partial charge in [0.25, 0.3) is 0 Å². The van der Waals surface area contributed by atoms with Crippen LogP contribution in [-0.4, -0.2) is 25.7 Å². The smallest absolute Gasteiger partial charge is 0.243 e. The molecule has 0 radical (unpaired) electrons. The lowest BCUT2D eigenvalue weighted by atomic mass is 10.2. The van der Waals surface area contributed by atoms with E-state index in [4.69, 9.17) is 10.5 Å². The minimum atomic E-state index is -0.654. The summed E-state index contributed by atoms with van der Waals surface area (Å²) >= 11 is 3.38. The summed E-state index contributed by atoms with van der Waals surface area (Å²) in [4.78, 5) is 11.6. The number of anilines is 1. The number of rotatable bonds is 4. The number of amides is 1. The molecule has 0 bridgehead atoms. The van der Waals surface area contributed by atoms with Crippen LogP contribution in [0.2, 0.25) is 0 Å². The summed E-state index contributed by atoms with van der Waals surface area (Å²) in [5.74, 6) is -0.258. The Labute approximate surface area is 103 Å². The molecule has 1 aromatic carbocycles. The van der Waals surface area contributed by atoms with E-state index in [0.29, 0.717) is 5.69 Å². The Hall–Kier alpha value is -0.910. The molecular weight excluding hydrogens is 272 g/mol. The van der Waals surface area contributed by atoms with Gasteiger partial charge in [0, 0.05) is 11.6 Å². The normalized spacial score (nSPS) is 12.2. The summed E-state index contributed by atoms with van der Waals surface area (Å²) < 4.78 is 5.65. The number of hydrogen-bond donors (Lipinski definition) is 2. The summed E-state index contributed by atoms with van der Waals surface area (Å²) in [5.41, 5.74) is 7.43. The van der Waals surface area contributed by atoms with E-state index in [2.05, 4.69) is 21.2 Å². The summed E-state index contributed by atoms with van der Waals surface area (Å²) in [6.07, 6.45) is 0. The second-order valence-corrected chi connectivity index (χ2v) is 4.39. The van der Waals surface area contributed by atoms with Gasteiger partial charge in [0.05, 0.1) is 12.3 Å². The number of halogens is 1. The van der Waals surface area contributed by atoms with Gasteiger partial charge in [-0.2, -0.15) is 0 Å². The fourth-order valence-electron chi connectivity index (χ4n) is 1.20. The van der Waals surface area contributed by atoms with Gasteiger partial charge in [0.1, 0.15) is 6.04 Å². The molecule has 1 rings (SSSR count). The molecule has 0 saturated heterocycles. The van der Waals surface area contributed by atoms with Gasteiger partial charge in [0.2, 0.25) is 5.91 Å². The third kappa shape index (κ3) is 3.59. The molecule has 0 aliphatic heterocycles. The average Bonchev–Trinajstić information content (AvgIpc) is 2.22. The number of nitrogens with one attached hydrogen (secondary N) is 1. The minimum absolute atomic E-state index is 0.204. The molecule has 0 spiro atoms. The maximum atomic E-state index is 11.6. The van der Waals surface area contributed by atoms with Crippen LogP contribution in [0.1, 0.15) is 5.56 Å². The SMILES string of the molecule is COCC(N)C(=O)Nc1ccc(C)cc1Br. The summed E-state index contributed by atoms with van der Waals surface area (Å²) in [5, 5.41) is 2.73. The van der Waals surface area contributed by atoms with Gasteiger partial charge in [-0.3, -0.25) is 4.79 Å². The average molecular weight is 287 g/mol. The van der Waals surface area contributed by atoms with Gasteiger partial charge < -0.3 is 15.8 Å². The maximum Gasteiger partial charge on any atom is 0.243 e. The van der Waals surface area contributed by atoms with E-state index in [1.54, 1.807) is 0 Å². The van der Waals surface area contributed by atoms with Crippen molar-refractivity contribution in [1.29, 1.82) is 0 Å². The molecular formula is C11H15BrN2O2. The Kier molecular flexibility index (Phi) is 4.92. The number of nitrogens with two attached hydrogens (primary N) is 1. The second-order valence-electron chi connectivity index (χ2n) is 3.53. The summed E-state index contributed by atoms with van der Waals surface area (Å²) in [7, 11) is 1.51. The van der Waals surface area contributed by atoms with E-state index in [9.17, 15) is 4.79 Å². The molecule has 3 N–H and O–H groups in total. The van der Waals surface area contributed by atoms with Crippen molar-refractivity contribution in [1.82, 2.24) is 0 Å². The van der Waals surface area contributed by atoms with Crippen LogP contribution in [0.15, 0.2) is 22.7 Å². The van der Waals surface area contributed by atoms with Crippen LogP contribution >= 0.6 is 15.9 Å². The summed E-state index contributed by atoms with van der Waals surface area (Å²) in [6, 6.07) is 5.02. The number of aryl methyl sites for hydroxylation is 1. The fraction of sp³-hybridized carbons (Fsp3) is 0.364. The van der Waals surface area contributed by atoms with Crippen molar-refractivity contribution in [2.24, 2.45) is 5.73 Å². The third-order valence-corrected chi connectivity index (χ3v) is 2.72. The van der Waals surface area contributed by atoms with Crippen molar-refractivity contribution < 1.29 is 9.53 Å². The molecule has 0 saturated carbocycles. The first-order valence-corrected chi connectivity index (χ1v) is 5.65. The Morgan fingerprint density at radius 3 is 2.88 bits per heavy atom. The molecule has 1 atom stereocenters. The molecule has 16 heavy (non-hydrogen) atoms. The zero-order valence-electron chi connectivity index (χ0n) is 9.29. The topological polar surface area (TPSA) is 64.3 Å². The first-order chi connectivity index (χ1) is 7.54. The number of hydrogen-bond acceptors (Lipinski definition) is 3. The highest BCUT2D eigenvalue weighted by Crippen LogP contribution is 2.23. The Morgan fingerprint density at radius 2 is 2.31 bits per heavy atom. The Bertz CT molecular complexity index is 382. The second kappa shape index (κ2) is 5.98. The highest BCUT2D eigenvalue weighted by Gasteiger charge is 2.14. The van der Waals surface area contributed by atoms with Crippen LogP contribution in [0, 0.1) is 6.92 Å². The Morgan fingerprint density at radius 1 is 1.62 bits per heavy atom. The molecule has 4 nitrogen and oxygen atoms in total. The summed E-state index contributed by atoms with van der Waals surface area (Å²) in [6.45, 7) is 2.18. The van der Waals surface area contributed by atoms with Crippen molar-refractivity contribution in [3.63, 3.8) is 0 Å². The molecule has 5 heteroatoms. The van der Waals surface area contributed by atoms with Crippen LogP contribution < -0.4 is 11.1 Å². The zero-order chi connectivity index (χ0) is 12.1. The lowest BCUT2D eigenvalue weighted by molar-refractivity contribution is -0.118. The highest BCUT2D eigenvalue weighted by atomic mass is 79.9. The standard InChI is InChI=1S/C11H15BrN2O2/c1-7-3-4-10(8(12)5-7)14-11(15)9(13)6-16-2/h3-5,9H,6,13H2,1-2H3,(H,14,15). The van der Waals surface area contributed by atoms with Gasteiger partial charge >= 0.3 is 0 Å². The van der Waals surface area contributed by atoms with Gasteiger partial charge in [0.15, 0.2) is 0 Å². The molecule has 1 aromatic rings. The van der Waals surface area contributed by atoms with Crippen LogP contribution in [-0.2, 0) is 9.53 Å². The number of ether oxygens (including phenoxy) is 1. The molecule has 0 aliphatic carbocycles. The quantitative estimate of drug-likeness (QED) is 0.885. The van der Waals surface area contributed by atoms with Crippen molar-refractivity contribution >= 4 is 27.5 Å². The molecule has 1 unspecified atom stereocenters. The van der Waals surface area contributed by atoms with Gasteiger partial charge in [-0.25, -0.2) is 0 Å². The first kappa shape index (κ1) is 13.2. The predicted octanol–water partition coefficient (Wildman–Crippen LogP) is 1.67. The molecule has 1 amide bonds. The largest absolute Gasteiger partial charge is 0.383 e. The first-order valence-electron chi connectivity index (χ1n) is 4.86. The third-order valence-electron chi connectivity index (χ3n) is 2.07. The molecule has 0 fully saturated rings. The fourth-order valence-corrected chi connectivity index (χ4v) is 1.79. The van der Waals surface area contributed by atoms with Gasteiger partial charge in [-0.15, -0.1) is 0 Å². The van der Waals surface area contributed by atoms with Crippen LogP contribution in [0.4, 0.5) is 5.69 Å². The van der Waals surface area contributed by atoms with Crippen LogP contribution in [0.3, 0.4) is 0 Å². The highest BCUT2D eigenvalue weighted by molar-refractivity contribution is 9.10. The van der Waals surface area contributed by atoms with E-state index >= 15 is 0 Å². The van der Waals surface area contributed by atoms with E-state index in [-0.39, 0.29) is 12.5 Å². The van der Waals surface area contributed by atoms with Crippen LogP contribution in [0.5, 0.6) is 0 Å². The minimum Gasteiger partial charge on any atom is -0.383 e. The van der Waals surface area contributed by atoms with E-state index in [1.165, 1.54) is 7.11 Å². The maximum absolute atomic E-state index is 11.6. The lowest BCUT2D eigenvalue weighted by Crippen LogP contribution is -2.39. The Balaban J connectivity index is 2.69. The molecule has 88 valence electrons. The van der Waals surface area contributed by atoms with E-state index in [0.717, 1.165) is 10.0 Å². The predicted molar refractivity (Wildman–Crippen MR) is 67.4 cm³/mol. The van der Waals surface area contributed by atoms with Gasteiger partial charge in [-0.05, 0) is 40.5 Å². The van der Waals surface area contributed by atoms with E-state index in [1.807, 2.05) is 25.1 Å².